The molecule has 2 aromatic rings. The highest BCUT2D eigenvalue weighted by atomic mass is 19.1. The van der Waals surface area contributed by atoms with Gasteiger partial charge in [0, 0.05) is 18.7 Å². The average Bonchev–Trinajstić information content (AvgIpc) is 2.74. The molecule has 2 amide bonds. The van der Waals surface area contributed by atoms with E-state index in [1.165, 1.54) is 30.5 Å². The van der Waals surface area contributed by atoms with Crippen LogP contribution in [0.25, 0.3) is 0 Å². The maximum atomic E-state index is 12.9. The van der Waals surface area contributed by atoms with E-state index in [4.69, 9.17) is 9.47 Å². The van der Waals surface area contributed by atoms with Crippen molar-refractivity contribution in [2.45, 2.75) is 0 Å². The number of carbonyl (C=O) groups is 2. The third kappa shape index (κ3) is 5.62. The average molecular weight is 385 g/mol. The van der Waals surface area contributed by atoms with Gasteiger partial charge in [0.25, 0.3) is 11.8 Å². The molecule has 0 unspecified atom stereocenters. The van der Waals surface area contributed by atoms with Gasteiger partial charge in [-0.3, -0.25) is 9.59 Å². The van der Waals surface area contributed by atoms with Crippen LogP contribution in [0.3, 0.4) is 0 Å². The molecule has 2 aromatic carbocycles. The topological polar surface area (TPSA) is 80.2 Å². The Morgan fingerprint density at radius 3 is 2.46 bits per heavy atom. The zero-order valence-corrected chi connectivity index (χ0v) is 15.1. The summed E-state index contributed by atoms with van der Waals surface area (Å²) in [5.74, 6) is -0.349. The number of morpholine rings is 1. The van der Waals surface area contributed by atoms with E-state index in [0.29, 0.717) is 37.6 Å². The normalized spacial score (nSPS) is 14.1. The molecule has 0 aliphatic carbocycles. The first kappa shape index (κ1) is 19.5. The number of benzene rings is 2. The van der Waals surface area contributed by atoms with E-state index in [1.807, 2.05) is 0 Å². The van der Waals surface area contributed by atoms with Crippen LogP contribution in [-0.2, 0) is 9.53 Å². The Kier molecular flexibility index (Phi) is 6.69. The van der Waals surface area contributed by atoms with E-state index in [2.05, 4.69) is 10.5 Å². The van der Waals surface area contributed by atoms with Gasteiger partial charge in [0.2, 0.25) is 0 Å². The van der Waals surface area contributed by atoms with Crippen molar-refractivity contribution in [2.24, 2.45) is 5.10 Å². The molecule has 0 atom stereocenters. The Morgan fingerprint density at radius 1 is 1.11 bits per heavy atom. The van der Waals surface area contributed by atoms with Crippen LogP contribution >= 0.6 is 0 Å². The molecule has 1 N–H and O–H groups in total. The predicted octanol–water partition coefficient (Wildman–Crippen LogP) is 1.83. The van der Waals surface area contributed by atoms with Gasteiger partial charge in [-0.05, 0) is 54.1 Å². The second-order valence-corrected chi connectivity index (χ2v) is 6.06. The summed E-state index contributed by atoms with van der Waals surface area (Å²) < 4.78 is 23.6. The lowest BCUT2D eigenvalue weighted by molar-refractivity contribution is -0.137. The number of hydrogen-bond acceptors (Lipinski definition) is 5. The highest BCUT2D eigenvalue weighted by Gasteiger charge is 2.17. The smallest absolute Gasteiger partial charge is 0.271 e. The molecular weight excluding hydrogens is 365 g/mol. The minimum atomic E-state index is -0.433. The predicted molar refractivity (Wildman–Crippen MR) is 101 cm³/mol. The molecule has 0 radical (unpaired) electrons. The molecule has 1 aliphatic rings. The molecule has 1 heterocycles. The zero-order chi connectivity index (χ0) is 19.8. The summed E-state index contributed by atoms with van der Waals surface area (Å²) in [5.41, 5.74) is 3.43. The highest BCUT2D eigenvalue weighted by Crippen LogP contribution is 2.11. The molecule has 0 saturated carbocycles. The van der Waals surface area contributed by atoms with Gasteiger partial charge in [-0.1, -0.05) is 0 Å². The quantitative estimate of drug-likeness (QED) is 0.608. The number of ether oxygens (including phenoxy) is 2. The molecule has 1 saturated heterocycles. The lowest BCUT2D eigenvalue weighted by atomic mass is 10.2. The number of rotatable bonds is 6. The van der Waals surface area contributed by atoms with Crippen molar-refractivity contribution < 1.29 is 23.5 Å². The van der Waals surface area contributed by atoms with Crippen LogP contribution < -0.4 is 10.2 Å². The maximum Gasteiger partial charge on any atom is 0.271 e. The molecule has 1 aliphatic heterocycles. The Morgan fingerprint density at radius 2 is 1.79 bits per heavy atom. The van der Waals surface area contributed by atoms with Crippen LogP contribution in [0.4, 0.5) is 4.39 Å². The van der Waals surface area contributed by atoms with Gasteiger partial charge in [0.15, 0.2) is 6.61 Å². The van der Waals surface area contributed by atoms with Gasteiger partial charge >= 0.3 is 0 Å². The molecule has 0 aromatic heterocycles. The van der Waals surface area contributed by atoms with Crippen LogP contribution in [0, 0.1) is 5.82 Å². The Balaban J connectivity index is 1.45. The molecule has 3 rings (SSSR count). The number of nitrogens with one attached hydrogen (secondary N) is 1. The number of amides is 2. The fourth-order valence-electron chi connectivity index (χ4n) is 2.53. The fraction of sp³-hybridized carbons (Fsp3) is 0.250. The van der Waals surface area contributed by atoms with E-state index >= 15 is 0 Å². The number of halogens is 1. The van der Waals surface area contributed by atoms with E-state index in [-0.39, 0.29) is 12.5 Å². The Bertz CT molecular complexity index is 832. The first-order valence-electron chi connectivity index (χ1n) is 8.79. The van der Waals surface area contributed by atoms with Crippen molar-refractivity contribution >= 4 is 18.0 Å². The number of hydrogen-bond donors (Lipinski definition) is 1. The molecule has 0 bridgehead atoms. The largest absolute Gasteiger partial charge is 0.484 e. The van der Waals surface area contributed by atoms with E-state index in [1.54, 1.807) is 29.2 Å². The van der Waals surface area contributed by atoms with Gasteiger partial charge < -0.3 is 14.4 Å². The van der Waals surface area contributed by atoms with Crippen molar-refractivity contribution in [2.75, 3.05) is 32.9 Å². The molecule has 1 fully saturated rings. The van der Waals surface area contributed by atoms with Gasteiger partial charge in [0.05, 0.1) is 19.4 Å². The van der Waals surface area contributed by atoms with Crippen LogP contribution in [0.15, 0.2) is 53.6 Å². The second-order valence-electron chi connectivity index (χ2n) is 6.06. The van der Waals surface area contributed by atoms with E-state index in [0.717, 1.165) is 5.56 Å². The molecule has 8 heteroatoms. The number of carbonyl (C=O) groups excluding carboxylic acids is 2. The minimum absolute atomic E-state index is 0.0266. The van der Waals surface area contributed by atoms with Gasteiger partial charge in [-0.15, -0.1) is 0 Å². The summed E-state index contributed by atoms with van der Waals surface area (Å²) in [5, 5.41) is 3.87. The van der Waals surface area contributed by atoms with Gasteiger partial charge in [-0.25, -0.2) is 9.82 Å². The fourth-order valence-corrected chi connectivity index (χ4v) is 2.53. The standard InChI is InChI=1S/C20H20FN3O4/c21-17-5-3-16(4-6-17)20(26)23-22-13-15-1-7-18(8-2-15)28-14-19(25)24-9-11-27-12-10-24/h1-8,13H,9-12,14H2,(H,23,26)/b22-13-. The zero-order valence-electron chi connectivity index (χ0n) is 15.1. The Hall–Kier alpha value is -3.26. The van der Waals surface area contributed by atoms with E-state index in [9.17, 15) is 14.0 Å². The summed E-state index contributed by atoms with van der Waals surface area (Å²) in [6, 6.07) is 12.1. The summed E-state index contributed by atoms with van der Waals surface area (Å²) in [6.07, 6.45) is 1.48. The number of hydrazone groups is 1. The van der Waals surface area contributed by atoms with Crippen LogP contribution in [0.5, 0.6) is 5.75 Å². The number of nitrogens with zero attached hydrogens (tertiary/aromatic N) is 2. The van der Waals surface area contributed by atoms with Crippen LogP contribution in [0.2, 0.25) is 0 Å². The third-order valence-corrected chi connectivity index (χ3v) is 4.09. The highest BCUT2D eigenvalue weighted by molar-refractivity contribution is 5.94. The molecule has 146 valence electrons. The second kappa shape index (κ2) is 9.61. The minimum Gasteiger partial charge on any atom is -0.484 e. The maximum absolute atomic E-state index is 12.9. The molecule has 7 nitrogen and oxygen atoms in total. The Labute approximate surface area is 161 Å². The van der Waals surface area contributed by atoms with Gasteiger partial charge in [-0.2, -0.15) is 5.10 Å². The van der Waals surface area contributed by atoms with Crippen molar-refractivity contribution in [3.8, 4) is 5.75 Å². The molecule has 0 spiro atoms. The third-order valence-electron chi connectivity index (χ3n) is 4.09. The lowest BCUT2D eigenvalue weighted by Crippen LogP contribution is -2.42. The lowest BCUT2D eigenvalue weighted by Gasteiger charge is -2.26. The summed E-state index contributed by atoms with van der Waals surface area (Å²) in [6.45, 7) is 2.25. The molecular formula is C20H20FN3O4. The summed E-state index contributed by atoms with van der Waals surface area (Å²) in [4.78, 5) is 25.6. The van der Waals surface area contributed by atoms with Crippen molar-refractivity contribution in [3.05, 3.63) is 65.5 Å². The monoisotopic (exact) mass is 385 g/mol. The van der Waals surface area contributed by atoms with Gasteiger partial charge in [0.1, 0.15) is 11.6 Å². The van der Waals surface area contributed by atoms with Crippen molar-refractivity contribution in [1.29, 1.82) is 0 Å². The summed E-state index contributed by atoms with van der Waals surface area (Å²) >= 11 is 0. The first-order valence-corrected chi connectivity index (χ1v) is 8.79. The SMILES string of the molecule is O=C(N/N=C\c1ccc(OCC(=O)N2CCOCC2)cc1)c1ccc(F)cc1. The van der Waals surface area contributed by atoms with Crippen molar-refractivity contribution in [1.82, 2.24) is 10.3 Å². The van der Waals surface area contributed by atoms with Crippen molar-refractivity contribution in [3.63, 3.8) is 0 Å². The molecule has 28 heavy (non-hydrogen) atoms. The summed E-state index contributed by atoms with van der Waals surface area (Å²) in [7, 11) is 0. The van der Waals surface area contributed by atoms with E-state index < -0.39 is 11.7 Å². The first-order chi connectivity index (χ1) is 13.6. The van der Waals surface area contributed by atoms with Crippen LogP contribution in [0.1, 0.15) is 15.9 Å². The van der Waals surface area contributed by atoms with Crippen LogP contribution in [-0.4, -0.2) is 55.8 Å².